The molecule has 0 amide bonds. The zero-order valence-corrected chi connectivity index (χ0v) is 10.8. The largest absolute Gasteiger partial charge is 0.327 e. The average Bonchev–Trinajstić information content (AvgIpc) is 2.27. The number of hydrogen-bond acceptors (Lipinski definition) is 1. The lowest BCUT2D eigenvalue weighted by Gasteiger charge is -2.21. The Morgan fingerprint density at radius 3 is 2.13 bits per heavy atom. The van der Waals surface area contributed by atoms with Crippen molar-refractivity contribution >= 4 is 0 Å². The molecule has 0 heterocycles. The maximum Gasteiger partial charge on any atom is 0.00645 e. The van der Waals surface area contributed by atoms with Gasteiger partial charge < -0.3 is 5.73 Å². The second-order valence-electron chi connectivity index (χ2n) is 4.68. The van der Waals surface area contributed by atoms with Crippen LogP contribution in [0, 0.1) is 12.8 Å². The summed E-state index contributed by atoms with van der Waals surface area (Å²) in [6.45, 7) is 8.44. The minimum atomic E-state index is 0.373. The summed E-state index contributed by atoms with van der Waals surface area (Å²) in [5.74, 6) is 0.654. The van der Waals surface area contributed by atoms with Crippen molar-refractivity contribution in [2.24, 2.45) is 11.7 Å². The fraction of sp³-hybridized carbons (Fsp3) is 0.929. The third-order valence-corrected chi connectivity index (χ3v) is 3.38. The van der Waals surface area contributed by atoms with Crippen LogP contribution in [0.1, 0.15) is 71.6 Å². The molecule has 0 aromatic rings. The maximum absolute atomic E-state index is 6.05. The molecule has 0 aromatic carbocycles. The summed E-state index contributed by atoms with van der Waals surface area (Å²) in [6, 6.07) is 0.373. The van der Waals surface area contributed by atoms with Crippen molar-refractivity contribution in [2.75, 3.05) is 0 Å². The minimum Gasteiger partial charge on any atom is -0.327 e. The summed E-state index contributed by atoms with van der Waals surface area (Å²) >= 11 is 0. The van der Waals surface area contributed by atoms with Crippen LogP contribution in [0.25, 0.3) is 0 Å². The van der Waals surface area contributed by atoms with Gasteiger partial charge in [-0.25, -0.2) is 0 Å². The molecule has 0 aliphatic rings. The summed E-state index contributed by atoms with van der Waals surface area (Å²) in [5, 5.41) is 0. The highest BCUT2D eigenvalue weighted by Gasteiger charge is 2.13. The van der Waals surface area contributed by atoms with Crippen molar-refractivity contribution in [3.05, 3.63) is 6.92 Å². The van der Waals surface area contributed by atoms with E-state index in [1.807, 2.05) is 0 Å². The smallest absolute Gasteiger partial charge is 0.00645 e. The molecule has 2 N–H and O–H groups in total. The van der Waals surface area contributed by atoms with Crippen LogP contribution in [0.3, 0.4) is 0 Å². The molecular formula is C14H30N. The molecule has 0 saturated heterocycles. The molecule has 15 heavy (non-hydrogen) atoms. The van der Waals surface area contributed by atoms with E-state index in [2.05, 4.69) is 20.8 Å². The lowest BCUT2D eigenvalue weighted by Crippen LogP contribution is -2.28. The fourth-order valence-electron chi connectivity index (χ4n) is 2.09. The van der Waals surface area contributed by atoms with Gasteiger partial charge >= 0.3 is 0 Å². The molecule has 0 fully saturated rings. The molecule has 2 atom stereocenters. The van der Waals surface area contributed by atoms with Crippen LogP contribution >= 0.6 is 0 Å². The molecule has 0 saturated carbocycles. The highest BCUT2D eigenvalue weighted by atomic mass is 14.6. The van der Waals surface area contributed by atoms with Crippen molar-refractivity contribution in [1.82, 2.24) is 0 Å². The van der Waals surface area contributed by atoms with E-state index in [9.17, 15) is 0 Å². The Morgan fingerprint density at radius 2 is 1.60 bits per heavy atom. The van der Waals surface area contributed by atoms with Crippen LogP contribution in [0.4, 0.5) is 0 Å². The lowest BCUT2D eigenvalue weighted by atomic mass is 9.90. The zero-order chi connectivity index (χ0) is 11.5. The minimum absolute atomic E-state index is 0.373. The van der Waals surface area contributed by atoms with Crippen LogP contribution in [0.15, 0.2) is 0 Å². The standard InChI is InChI=1S/C14H30N/c1-4-7-8-9-10-11-12-13(5-2)14(15)6-3/h13-14H,2,4-12,15H2,1,3H3. The van der Waals surface area contributed by atoms with Gasteiger partial charge in [0.1, 0.15) is 0 Å². The first kappa shape index (κ1) is 15.0. The predicted molar refractivity (Wildman–Crippen MR) is 69.7 cm³/mol. The lowest BCUT2D eigenvalue weighted by molar-refractivity contribution is 0.370. The van der Waals surface area contributed by atoms with Gasteiger partial charge in [-0.2, -0.15) is 0 Å². The van der Waals surface area contributed by atoms with Gasteiger partial charge in [-0.3, -0.25) is 0 Å². The monoisotopic (exact) mass is 212 g/mol. The Kier molecular flexibility index (Phi) is 10.4. The first-order valence-corrected chi connectivity index (χ1v) is 6.81. The second kappa shape index (κ2) is 10.5. The number of unbranched alkanes of at least 4 members (excludes halogenated alkanes) is 5. The zero-order valence-electron chi connectivity index (χ0n) is 10.8. The molecule has 91 valence electrons. The van der Waals surface area contributed by atoms with Crippen molar-refractivity contribution < 1.29 is 0 Å². The predicted octanol–water partition coefficient (Wildman–Crippen LogP) is 4.31. The van der Waals surface area contributed by atoms with Crippen molar-refractivity contribution in [3.63, 3.8) is 0 Å². The van der Waals surface area contributed by atoms with Crippen molar-refractivity contribution in [3.8, 4) is 0 Å². The molecule has 1 radical (unpaired) electrons. The van der Waals surface area contributed by atoms with Gasteiger partial charge in [-0.1, -0.05) is 59.3 Å². The summed E-state index contributed by atoms with van der Waals surface area (Å²) in [5.41, 5.74) is 6.05. The molecule has 0 aliphatic carbocycles. The van der Waals surface area contributed by atoms with Crippen LogP contribution in [0.5, 0.6) is 0 Å². The van der Waals surface area contributed by atoms with Gasteiger partial charge in [-0.05, 0) is 25.2 Å². The molecule has 0 spiro atoms. The van der Waals surface area contributed by atoms with E-state index in [1.165, 1.54) is 44.9 Å². The number of hydrogen-bond donors (Lipinski definition) is 1. The molecule has 0 rings (SSSR count). The van der Waals surface area contributed by atoms with Crippen LogP contribution < -0.4 is 5.73 Å². The van der Waals surface area contributed by atoms with Crippen molar-refractivity contribution in [1.29, 1.82) is 0 Å². The van der Waals surface area contributed by atoms with Gasteiger partial charge in [0.15, 0.2) is 0 Å². The highest BCUT2D eigenvalue weighted by Crippen LogP contribution is 2.18. The van der Waals surface area contributed by atoms with Gasteiger partial charge in [0.05, 0.1) is 0 Å². The third-order valence-electron chi connectivity index (χ3n) is 3.38. The van der Waals surface area contributed by atoms with E-state index in [-0.39, 0.29) is 0 Å². The molecule has 0 bridgehead atoms. The average molecular weight is 212 g/mol. The quantitative estimate of drug-likeness (QED) is 0.536. The number of rotatable bonds is 10. The molecule has 1 nitrogen and oxygen atoms in total. The number of nitrogens with two attached hydrogens (primary N) is 1. The fourth-order valence-corrected chi connectivity index (χ4v) is 2.09. The maximum atomic E-state index is 6.05. The van der Waals surface area contributed by atoms with Gasteiger partial charge in [-0.15, -0.1) is 0 Å². The van der Waals surface area contributed by atoms with E-state index in [0.717, 1.165) is 12.8 Å². The molecule has 1 heteroatoms. The molecule has 2 unspecified atom stereocenters. The van der Waals surface area contributed by atoms with Crippen LogP contribution in [0.2, 0.25) is 0 Å². The van der Waals surface area contributed by atoms with Gasteiger partial charge in [0.25, 0.3) is 0 Å². The van der Waals surface area contributed by atoms with Gasteiger partial charge in [0, 0.05) is 6.04 Å². The Balaban J connectivity index is 3.38. The van der Waals surface area contributed by atoms with E-state index >= 15 is 0 Å². The van der Waals surface area contributed by atoms with Crippen molar-refractivity contribution in [2.45, 2.75) is 77.7 Å². The van der Waals surface area contributed by atoms with Crippen LogP contribution in [-0.2, 0) is 0 Å². The summed E-state index contributed by atoms with van der Waals surface area (Å²) in [6.07, 6.45) is 11.6. The Bertz CT molecular complexity index is 123. The SMILES string of the molecule is [CH2]CC(CCCCCCCC)C(N)CC. The summed E-state index contributed by atoms with van der Waals surface area (Å²) in [7, 11) is 0. The van der Waals surface area contributed by atoms with E-state index in [4.69, 9.17) is 5.73 Å². The Morgan fingerprint density at radius 1 is 1.00 bits per heavy atom. The summed E-state index contributed by atoms with van der Waals surface area (Å²) < 4.78 is 0. The van der Waals surface area contributed by atoms with E-state index in [1.54, 1.807) is 0 Å². The third kappa shape index (κ3) is 7.84. The molecule has 0 aromatic heterocycles. The van der Waals surface area contributed by atoms with Gasteiger partial charge in [0.2, 0.25) is 0 Å². The Labute approximate surface area is 96.8 Å². The highest BCUT2D eigenvalue weighted by molar-refractivity contribution is 4.72. The first-order valence-electron chi connectivity index (χ1n) is 6.81. The van der Waals surface area contributed by atoms with Crippen LogP contribution in [-0.4, -0.2) is 6.04 Å². The first-order chi connectivity index (χ1) is 7.26. The van der Waals surface area contributed by atoms with E-state index in [0.29, 0.717) is 12.0 Å². The second-order valence-corrected chi connectivity index (χ2v) is 4.68. The molecule has 0 aliphatic heterocycles. The Hall–Kier alpha value is -0.0400. The normalized spacial score (nSPS) is 15.2. The summed E-state index contributed by atoms with van der Waals surface area (Å²) in [4.78, 5) is 0. The molecular weight excluding hydrogens is 182 g/mol. The van der Waals surface area contributed by atoms with E-state index < -0.39 is 0 Å². The topological polar surface area (TPSA) is 26.0 Å².